The molecule has 2 unspecified atom stereocenters. The fraction of sp³-hybridized carbons (Fsp3) is 0.684. The Kier molecular flexibility index (Phi) is 7.41. The Bertz CT molecular complexity index is 412. The zero-order valence-corrected chi connectivity index (χ0v) is 14.9. The number of nitrogens with one attached hydrogen (secondary N) is 1. The molecule has 2 atom stereocenters. The Morgan fingerprint density at radius 2 is 1.71 bits per heavy atom. The molecule has 0 aromatic heterocycles. The lowest BCUT2D eigenvalue weighted by Gasteiger charge is -2.46. The number of rotatable bonds is 9. The average molecular weight is 290 g/mol. The number of benzene rings is 1. The second-order valence-corrected chi connectivity index (χ2v) is 6.13. The Hall–Kier alpha value is -0.860. The largest absolute Gasteiger partial charge is 0.308 e. The van der Waals surface area contributed by atoms with Crippen LogP contribution in [0.4, 0.5) is 0 Å². The van der Waals surface area contributed by atoms with E-state index in [0.29, 0.717) is 6.04 Å². The number of hydrogen-bond donors (Lipinski definition) is 1. The van der Waals surface area contributed by atoms with E-state index in [0.717, 1.165) is 26.1 Å². The van der Waals surface area contributed by atoms with Gasteiger partial charge < -0.3 is 5.32 Å². The van der Waals surface area contributed by atoms with Crippen LogP contribution in [0.3, 0.4) is 0 Å². The summed E-state index contributed by atoms with van der Waals surface area (Å²) in [5.41, 5.74) is 2.98. The van der Waals surface area contributed by atoms with Crippen LogP contribution in [-0.4, -0.2) is 30.1 Å². The van der Waals surface area contributed by atoms with Crippen LogP contribution in [-0.2, 0) is 0 Å². The van der Waals surface area contributed by atoms with Gasteiger partial charge in [0, 0.05) is 5.54 Å². The second kappa shape index (κ2) is 8.55. The van der Waals surface area contributed by atoms with Crippen molar-refractivity contribution in [3.63, 3.8) is 0 Å². The molecule has 120 valence electrons. The summed E-state index contributed by atoms with van der Waals surface area (Å²) in [4.78, 5) is 2.60. The summed E-state index contributed by atoms with van der Waals surface area (Å²) in [5, 5.41) is 3.83. The van der Waals surface area contributed by atoms with E-state index in [1.807, 2.05) is 0 Å². The van der Waals surface area contributed by atoms with Crippen molar-refractivity contribution in [2.45, 2.75) is 66.0 Å². The van der Waals surface area contributed by atoms with E-state index in [4.69, 9.17) is 0 Å². The number of nitrogens with zero attached hydrogens (tertiary/aromatic N) is 1. The highest BCUT2D eigenvalue weighted by Gasteiger charge is 2.38. The SMILES string of the molecule is CCCNC(c1ccccc1C)C(C)(CC)N(CC)CC. The first-order valence-electron chi connectivity index (χ1n) is 8.58. The van der Waals surface area contributed by atoms with Crippen molar-refractivity contribution < 1.29 is 0 Å². The van der Waals surface area contributed by atoms with Gasteiger partial charge in [-0.15, -0.1) is 0 Å². The summed E-state index contributed by atoms with van der Waals surface area (Å²) in [5.74, 6) is 0. The Balaban J connectivity index is 3.24. The fourth-order valence-electron chi connectivity index (χ4n) is 3.42. The van der Waals surface area contributed by atoms with Gasteiger partial charge in [0.2, 0.25) is 0 Å². The van der Waals surface area contributed by atoms with E-state index in [2.05, 4.69) is 76.0 Å². The minimum Gasteiger partial charge on any atom is -0.308 e. The molecule has 0 fully saturated rings. The van der Waals surface area contributed by atoms with Gasteiger partial charge in [-0.2, -0.15) is 0 Å². The molecule has 0 aliphatic rings. The summed E-state index contributed by atoms with van der Waals surface area (Å²) in [7, 11) is 0. The molecular formula is C19H34N2. The van der Waals surface area contributed by atoms with Crippen LogP contribution in [0.25, 0.3) is 0 Å². The van der Waals surface area contributed by atoms with Gasteiger partial charge in [-0.1, -0.05) is 52.0 Å². The molecule has 21 heavy (non-hydrogen) atoms. The normalized spacial score (nSPS) is 16.0. The van der Waals surface area contributed by atoms with E-state index >= 15 is 0 Å². The lowest BCUT2D eigenvalue weighted by atomic mass is 9.81. The van der Waals surface area contributed by atoms with Crippen molar-refractivity contribution in [3.05, 3.63) is 35.4 Å². The third-order valence-corrected chi connectivity index (χ3v) is 4.92. The molecule has 1 aromatic rings. The topological polar surface area (TPSA) is 15.3 Å². The molecule has 0 heterocycles. The molecule has 0 radical (unpaired) electrons. The van der Waals surface area contributed by atoms with Crippen LogP contribution in [0.15, 0.2) is 24.3 Å². The zero-order valence-electron chi connectivity index (χ0n) is 14.9. The first-order chi connectivity index (χ1) is 10.0. The first-order valence-corrected chi connectivity index (χ1v) is 8.58. The van der Waals surface area contributed by atoms with Crippen molar-refractivity contribution >= 4 is 0 Å². The molecule has 2 nitrogen and oxygen atoms in total. The highest BCUT2D eigenvalue weighted by Crippen LogP contribution is 2.35. The summed E-state index contributed by atoms with van der Waals surface area (Å²) in [6.45, 7) is 17.0. The lowest BCUT2D eigenvalue weighted by molar-refractivity contribution is 0.0696. The molecule has 0 saturated carbocycles. The molecule has 1 N–H and O–H groups in total. The van der Waals surface area contributed by atoms with Gasteiger partial charge in [0.05, 0.1) is 6.04 Å². The van der Waals surface area contributed by atoms with E-state index in [-0.39, 0.29) is 5.54 Å². The van der Waals surface area contributed by atoms with E-state index in [1.165, 1.54) is 17.5 Å². The molecule has 0 saturated heterocycles. The molecule has 0 bridgehead atoms. The van der Waals surface area contributed by atoms with E-state index < -0.39 is 0 Å². The van der Waals surface area contributed by atoms with Crippen LogP contribution in [0, 0.1) is 6.92 Å². The standard InChI is InChI=1S/C19H34N2/c1-7-15-20-18(17-14-12-11-13-16(17)5)19(6,8-2)21(9-3)10-4/h11-14,18,20H,7-10,15H2,1-6H3. The van der Waals surface area contributed by atoms with Gasteiger partial charge in [-0.25, -0.2) is 0 Å². The second-order valence-electron chi connectivity index (χ2n) is 6.13. The highest BCUT2D eigenvalue weighted by atomic mass is 15.2. The average Bonchev–Trinajstić information content (AvgIpc) is 2.50. The monoisotopic (exact) mass is 290 g/mol. The molecule has 1 aromatic carbocycles. The molecule has 0 amide bonds. The summed E-state index contributed by atoms with van der Waals surface area (Å²) in [6, 6.07) is 9.20. The number of aryl methyl sites for hydroxylation is 1. The van der Waals surface area contributed by atoms with Gasteiger partial charge in [-0.3, -0.25) is 4.90 Å². The van der Waals surface area contributed by atoms with Gasteiger partial charge >= 0.3 is 0 Å². The van der Waals surface area contributed by atoms with Gasteiger partial charge in [0.1, 0.15) is 0 Å². The molecule has 0 spiro atoms. The Morgan fingerprint density at radius 3 is 2.19 bits per heavy atom. The van der Waals surface area contributed by atoms with Crippen molar-refractivity contribution in [1.82, 2.24) is 10.2 Å². The summed E-state index contributed by atoms with van der Waals surface area (Å²) < 4.78 is 0. The Morgan fingerprint density at radius 1 is 1.10 bits per heavy atom. The molecular weight excluding hydrogens is 256 g/mol. The fourth-order valence-corrected chi connectivity index (χ4v) is 3.42. The highest BCUT2D eigenvalue weighted by molar-refractivity contribution is 5.31. The zero-order chi connectivity index (χ0) is 15.9. The van der Waals surface area contributed by atoms with Crippen molar-refractivity contribution in [2.75, 3.05) is 19.6 Å². The number of hydrogen-bond acceptors (Lipinski definition) is 2. The van der Waals surface area contributed by atoms with E-state index in [1.54, 1.807) is 0 Å². The van der Waals surface area contributed by atoms with Gasteiger partial charge in [-0.05, 0) is 57.5 Å². The van der Waals surface area contributed by atoms with Crippen molar-refractivity contribution in [3.8, 4) is 0 Å². The maximum absolute atomic E-state index is 3.83. The van der Waals surface area contributed by atoms with Gasteiger partial charge in [0.15, 0.2) is 0 Å². The predicted octanol–water partition coefficient (Wildman–Crippen LogP) is 4.55. The van der Waals surface area contributed by atoms with Crippen molar-refractivity contribution in [1.29, 1.82) is 0 Å². The van der Waals surface area contributed by atoms with Crippen LogP contribution >= 0.6 is 0 Å². The predicted molar refractivity (Wildman–Crippen MR) is 93.8 cm³/mol. The maximum Gasteiger partial charge on any atom is 0.0507 e. The smallest absolute Gasteiger partial charge is 0.0507 e. The summed E-state index contributed by atoms with van der Waals surface area (Å²) in [6.07, 6.45) is 2.31. The van der Waals surface area contributed by atoms with Crippen molar-refractivity contribution in [2.24, 2.45) is 0 Å². The van der Waals surface area contributed by atoms with Crippen LogP contribution < -0.4 is 5.32 Å². The van der Waals surface area contributed by atoms with Gasteiger partial charge in [0.25, 0.3) is 0 Å². The van der Waals surface area contributed by atoms with Crippen LogP contribution in [0.5, 0.6) is 0 Å². The summed E-state index contributed by atoms with van der Waals surface area (Å²) >= 11 is 0. The lowest BCUT2D eigenvalue weighted by Crippen LogP contribution is -2.54. The third-order valence-electron chi connectivity index (χ3n) is 4.92. The molecule has 2 heteroatoms. The third kappa shape index (κ3) is 4.08. The number of likely N-dealkylation sites (N-methyl/N-ethyl adjacent to an activating group) is 1. The van der Waals surface area contributed by atoms with Crippen LogP contribution in [0.2, 0.25) is 0 Å². The first kappa shape index (κ1) is 18.2. The quantitative estimate of drug-likeness (QED) is 0.718. The molecule has 0 aliphatic carbocycles. The maximum atomic E-state index is 3.83. The molecule has 0 aliphatic heterocycles. The minimum atomic E-state index is 0.144. The van der Waals surface area contributed by atoms with E-state index in [9.17, 15) is 0 Å². The minimum absolute atomic E-state index is 0.144. The Labute approximate surface area is 131 Å². The molecule has 1 rings (SSSR count). The van der Waals surface area contributed by atoms with Crippen LogP contribution in [0.1, 0.15) is 64.6 Å².